The van der Waals surface area contributed by atoms with E-state index < -0.39 is 81.9 Å². The number of amides is 2. The second kappa shape index (κ2) is 10.8. The number of benzene rings is 3. The van der Waals surface area contributed by atoms with Crippen LogP contribution in [0.25, 0.3) is 0 Å². The molecule has 0 fully saturated rings. The van der Waals surface area contributed by atoms with Gasteiger partial charge in [-0.15, -0.1) is 0 Å². The molecule has 1 atom stereocenters. The molecule has 43 heavy (non-hydrogen) atoms. The van der Waals surface area contributed by atoms with E-state index in [2.05, 4.69) is 0 Å². The van der Waals surface area contributed by atoms with E-state index in [1.165, 1.54) is 0 Å². The molecule has 0 saturated heterocycles. The number of hydrogen-bond acceptors (Lipinski definition) is 7. The van der Waals surface area contributed by atoms with Crippen molar-refractivity contribution in [3.8, 4) is 12.1 Å². The highest BCUT2D eigenvalue weighted by atomic mass is 32.2. The minimum absolute atomic E-state index is 0.0905. The normalized spacial score (nSPS) is 16.2. The van der Waals surface area contributed by atoms with Crippen molar-refractivity contribution in [2.75, 3.05) is 11.2 Å². The average Bonchev–Trinajstić information content (AvgIpc) is 2.93. The molecule has 9 nitrogen and oxygen atoms in total. The van der Waals surface area contributed by atoms with Gasteiger partial charge in [0, 0.05) is 12.0 Å². The maximum Gasteiger partial charge on any atom is 0.416 e. The first-order valence-corrected chi connectivity index (χ1v) is 15.1. The van der Waals surface area contributed by atoms with Crippen LogP contribution < -0.4 is 4.90 Å². The van der Waals surface area contributed by atoms with Crippen molar-refractivity contribution in [3.05, 3.63) is 100 Å². The summed E-state index contributed by atoms with van der Waals surface area (Å²) < 4.78 is 123. The first-order valence-electron chi connectivity index (χ1n) is 11.8. The molecule has 1 aliphatic heterocycles. The van der Waals surface area contributed by atoms with Gasteiger partial charge >= 0.3 is 12.2 Å². The number of urea groups is 1. The predicted octanol–water partition coefficient (Wildman–Crippen LogP) is 5.43. The number of sulfonamides is 1. The summed E-state index contributed by atoms with van der Waals surface area (Å²) in [6.45, 7) is 1.11. The fourth-order valence-electron chi connectivity index (χ4n) is 4.52. The summed E-state index contributed by atoms with van der Waals surface area (Å²) in [5.41, 5.74) is -3.48. The van der Waals surface area contributed by atoms with Gasteiger partial charge in [0.15, 0.2) is 21.5 Å². The van der Waals surface area contributed by atoms with E-state index in [1.807, 2.05) is 0 Å². The lowest BCUT2D eigenvalue weighted by Crippen LogP contribution is -2.52. The van der Waals surface area contributed by atoms with Gasteiger partial charge < -0.3 is 0 Å². The zero-order chi connectivity index (χ0) is 32.1. The SMILES string of the molecule is CC1=C(C#N)[C@@H](c2ccc(C#N)cc2S(C)(=O)=O)N(S(=O)(=O)c2cccc(F)c2F)C(=O)N1c1cccc(C(F)(F)F)c1. The molecule has 1 heterocycles. The molecule has 0 saturated carbocycles. The summed E-state index contributed by atoms with van der Waals surface area (Å²) in [6.07, 6.45) is -4.18. The highest BCUT2D eigenvalue weighted by molar-refractivity contribution is 7.91. The van der Waals surface area contributed by atoms with Crippen molar-refractivity contribution in [2.24, 2.45) is 0 Å². The highest BCUT2D eigenvalue weighted by Crippen LogP contribution is 2.45. The molecule has 1 aliphatic rings. The Kier molecular flexibility index (Phi) is 7.82. The Morgan fingerprint density at radius 1 is 0.884 bits per heavy atom. The number of halogens is 5. The third-order valence-electron chi connectivity index (χ3n) is 6.45. The number of anilines is 1. The van der Waals surface area contributed by atoms with Crippen LogP contribution in [0.4, 0.5) is 32.4 Å². The largest absolute Gasteiger partial charge is 0.416 e. The highest BCUT2D eigenvalue weighted by Gasteiger charge is 2.49. The van der Waals surface area contributed by atoms with E-state index in [-0.39, 0.29) is 15.6 Å². The number of carbonyl (C=O) groups excluding carboxylic acids is 1. The quantitative estimate of drug-likeness (QED) is 0.341. The molecule has 0 spiro atoms. The van der Waals surface area contributed by atoms with E-state index in [0.717, 1.165) is 43.3 Å². The molecule has 0 N–H and O–H groups in total. The van der Waals surface area contributed by atoms with Gasteiger partial charge in [0.25, 0.3) is 10.0 Å². The molecule has 0 bridgehead atoms. The summed E-state index contributed by atoms with van der Waals surface area (Å²) in [5, 5.41) is 19.5. The number of carbonyl (C=O) groups is 1. The minimum atomic E-state index is -5.53. The van der Waals surface area contributed by atoms with Gasteiger partial charge in [-0.1, -0.05) is 18.2 Å². The van der Waals surface area contributed by atoms with E-state index in [0.29, 0.717) is 35.4 Å². The number of alkyl halides is 3. The predicted molar refractivity (Wildman–Crippen MR) is 140 cm³/mol. The number of nitrogens with zero attached hydrogens (tertiary/aromatic N) is 4. The van der Waals surface area contributed by atoms with E-state index >= 15 is 0 Å². The van der Waals surface area contributed by atoms with E-state index in [4.69, 9.17) is 0 Å². The van der Waals surface area contributed by atoms with Crippen LogP contribution in [0.5, 0.6) is 0 Å². The molecule has 16 heteroatoms. The number of hydrogen-bond donors (Lipinski definition) is 0. The number of allylic oxidation sites excluding steroid dienone is 1. The number of nitriles is 2. The lowest BCUT2D eigenvalue weighted by Gasteiger charge is -2.41. The lowest BCUT2D eigenvalue weighted by atomic mass is 9.94. The van der Waals surface area contributed by atoms with Gasteiger partial charge in [0.2, 0.25) is 0 Å². The number of rotatable bonds is 5. The van der Waals surface area contributed by atoms with Crippen molar-refractivity contribution in [3.63, 3.8) is 0 Å². The lowest BCUT2D eigenvalue weighted by molar-refractivity contribution is -0.137. The van der Waals surface area contributed by atoms with Crippen LogP contribution in [-0.4, -0.2) is 33.4 Å². The fraction of sp³-hybridized carbons (Fsp3) is 0.148. The molecule has 0 aliphatic carbocycles. The van der Waals surface area contributed by atoms with E-state index in [9.17, 15) is 54.1 Å². The van der Waals surface area contributed by atoms with Crippen molar-refractivity contribution < 1.29 is 43.6 Å². The van der Waals surface area contributed by atoms with Crippen LogP contribution in [0.15, 0.2) is 81.7 Å². The van der Waals surface area contributed by atoms with Crippen LogP contribution in [0.3, 0.4) is 0 Å². The molecule has 3 aromatic carbocycles. The molecule has 2 amide bonds. The molecule has 222 valence electrons. The van der Waals surface area contributed by atoms with Crippen molar-refractivity contribution in [2.45, 2.75) is 28.9 Å². The van der Waals surface area contributed by atoms with Crippen molar-refractivity contribution >= 4 is 31.6 Å². The monoisotopic (exact) mass is 636 g/mol. The van der Waals surface area contributed by atoms with Crippen molar-refractivity contribution in [1.29, 1.82) is 10.5 Å². The second-order valence-electron chi connectivity index (χ2n) is 9.17. The summed E-state index contributed by atoms with van der Waals surface area (Å²) >= 11 is 0. The third kappa shape index (κ3) is 5.42. The van der Waals surface area contributed by atoms with Gasteiger partial charge in [-0.3, -0.25) is 4.90 Å². The Hall–Kier alpha value is -4.80. The van der Waals surface area contributed by atoms with Crippen LogP contribution >= 0.6 is 0 Å². The standard InChI is InChI=1S/C27H17F5N4O5S2/c1-15-20(14-34)25(19-10-9-16(13-33)11-23(19)42(2,38)39)36(43(40,41)22-8-4-7-21(28)24(22)29)26(37)35(15)18-6-3-5-17(12-18)27(30,31)32/h3-12,25H,1-2H3/t25-/m1/s1. The zero-order valence-electron chi connectivity index (χ0n) is 21.9. The molecule has 0 unspecified atom stereocenters. The number of sulfone groups is 1. The average molecular weight is 637 g/mol. The Morgan fingerprint density at radius 3 is 2.12 bits per heavy atom. The third-order valence-corrected chi connectivity index (χ3v) is 9.36. The fourth-order valence-corrected chi connectivity index (χ4v) is 7.04. The first kappa shape index (κ1) is 31.1. The summed E-state index contributed by atoms with van der Waals surface area (Å²) in [6, 6.07) is 7.68. The molecule has 4 rings (SSSR count). The van der Waals surface area contributed by atoms with Crippen LogP contribution in [-0.2, 0) is 26.0 Å². The van der Waals surface area contributed by atoms with Gasteiger partial charge in [-0.25, -0.2) is 34.7 Å². The maximum absolute atomic E-state index is 14.9. The van der Waals surface area contributed by atoms with E-state index in [1.54, 1.807) is 12.1 Å². The maximum atomic E-state index is 14.9. The van der Waals surface area contributed by atoms with Crippen LogP contribution in [0, 0.1) is 34.3 Å². The second-order valence-corrected chi connectivity index (χ2v) is 12.9. The topological polar surface area (TPSA) is 139 Å². The first-order chi connectivity index (χ1) is 19.9. The molecule has 3 aromatic rings. The van der Waals surface area contributed by atoms with Crippen LogP contribution in [0.1, 0.15) is 29.7 Å². The Bertz CT molecular complexity index is 2010. The zero-order valence-corrected chi connectivity index (χ0v) is 23.5. The summed E-state index contributed by atoms with van der Waals surface area (Å²) in [4.78, 5) is 12.5. The summed E-state index contributed by atoms with van der Waals surface area (Å²) in [7, 11) is -9.83. The Labute approximate surface area is 242 Å². The molecule has 0 aromatic heterocycles. The Balaban J connectivity index is 2.14. The van der Waals surface area contributed by atoms with Gasteiger partial charge in [-0.2, -0.15) is 23.7 Å². The van der Waals surface area contributed by atoms with Crippen LogP contribution in [0.2, 0.25) is 0 Å². The summed E-state index contributed by atoms with van der Waals surface area (Å²) in [5.74, 6) is -3.54. The Morgan fingerprint density at radius 2 is 1.53 bits per heavy atom. The van der Waals surface area contributed by atoms with Crippen molar-refractivity contribution in [1.82, 2.24) is 4.31 Å². The van der Waals surface area contributed by atoms with Gasteiger partial charge in [0.1, 0.15) is 10.9 Å². The van der Waals surface area contributed by atoms with Gasteiger partial charge in [0.05, 0.1) is 39.4 Å². The smallest absolute Gasteiger partial charge is 0.265 e. The van der Waals surface area contributed by atoms with Gasteiger partial charge in [-0.05, 0) is 55.0 Å². The molecular formula is C27H17F5N4O5S2. The molecule has 0 radical (unpaired) electrons. The molecular weight excluding hydrogens is 619 g/mol. The minimum Gasteiger partial charge on any atom is -0.265 e.